The molecule has 1 amide bonds. The molecule has 0 aliphatic heterocycles. The first-order valence-electron chi connectivity index (χ1n) is 8.54. The van der Waals surface area contributed by atoms with Gasteiger partial charge in [0.15, 0.2) is 0 Å². The van der Waals surface area contributed by atoms with Crippen molar-refractivity contribution < 1.29 is 14.7 Å². The molecule has 0 aliphatic rings. The molecule has 138 valence electrons. The monoisotopic (exact) mass is 363 g/mol. The highest BCUT2D eigenvalue weighted by molar-refractivity contribution is 5.94. The molecule has 0 spiro atoms. The quantitative estimate of drug-likeness (QED) is 0.727. The number of carboxylic acid groups (broad SMARTS) is 1. The van der Waals surface area contributed by atoms with Gasteiger partial charge in [0.05, 0.1) is 16.8 Å². The number of carboxylic acids is 1. The zero-order valence-corrected chi connectivity index (χ0v) is 15.4. The highest BCUT2D eigenvalue weighted by Gasteiger charge is 2.25. The maximum Gasteiger partial charge on any atom is 0.335 e. The van der Waals surface area contributed by atoms with E-state index in [1.807, 2.05) is 44.2 Å². The van der Waals surface area contributed by atoms with Crippen LogP contribution >= 0.6 is 0 Å². The van der Waals surface area contributed by atoms with Crippen molar-refractivity contribution in [1.29, 1.82) is 0 Å². The molecule has 6 nitrogen and oxygen atoms in total. The van der Waals surface area contributed by atoms with Crippen LogP contribution in [0, 0.1) is 0 Å². The van der Waals surface area contributed by atoms with Crippen LogP contribution in [0.15, 0.2) is 60.7 Å². The molecule has 3 rings (SSSR count). The van der Waals surface area contributed by atoms with Crippen LogP contribution in [0.3, 0.4) is 0 Å². The first-order valence-corrected chi connectivity index (χ1v) is 8.54. The number of amides is 1. The number of nitrogens with zero attached hydrogens (tertiary/aromatic N) is 2. The zero-order chi connectivity index (χ0) is 19.6. The largest absolute Gasteiger partial charge is 0.478 e. The second kappa shape index (κ2) is 7.07. The van der Waals surface area contributed by atoms with Gasteiger partial charge in [0.1, 0.15) is 5.69 Å². The van der Waals surface area contributed by atoms with Crippen LogP contribution in [0.2, 0.25) is 0 Å². The Bertz CT molecular complexity index is 974. The Labute approximate surface area is 157 Å². The number of benzene rings is 2. The fourth-order valence-corrected chi connectivity index (χ4v) is 2.88. The number of aromatic carboxylic acids is 1. The maximum absolute atomic E-state index is 12.8. The van der Waals surface area contributed by atoms with Crippen molar-refractivity contribution in [3.8, 4) is 11.3 Å². The summed E-state index contributed by atoms with van der Waals surface area (Å²) in [6.45, 7) is 3.74. The fraction of sp³-hybridized carbons (Fsp3) is 0.190. The normalized spacial score (nSPS) is 11.2. The lowest BCUT2D eigenvalue weighted by Crippen LogP contribution is -2.41. The molecule has 0 unspecified atom stereocenters. The first-order chi connectivity index (χ1) is 12.8. The van der Waals surface area contributed by atoms with Crippen LogP contribution < -0.4 is 5.32 Å². The molecular weight excluding hydrogens is 342 g/mol. The minimum absolute atomic E-state index is 0.208. The average molecular weight is 363 g/mol. The van der Waals surface area contributed by atoms with E-state index in [4.69, 9.17) is 5.11 Å². The molecule has 0 fully saturated rings. The van der Waals surface area contributed by atoms with E-state index in [1.54, 1.807) is 29.9 Å². The molecule has 27 heavy (non-hydrogen) atoms. The van der Waals surface area contributed by atoms with Gasteiger partial charge in [-0.15, -0.1) is 0 Å². The Morgan fingerprint density at radius 1 is 1.04 bits per heavy atom. The zero-order valence-electron chi connectivity index (χ0n) is 15.4. The van der Waals surface area contributed by atoms with Gasteiger partial charge in [-0.1, -0.05) is 42.5 Å². The second-order valence-electron chi connectivity index (χ2n) is 6.87. The summed E-state index contributed by atoms with van der Waals surface area (Å²) in [5.41, 5.74) is 2.46. The van der Waals surface area contributed by atoms with E-state index in [0.29, 0.717) is 5.69 Å². The average Bonchev–Trinajstić information content (AvgIpc) is 3.04. The number of aromatic nitrogens is 2. The summed E-state index contributed by atoms with van der Waals surface area (Å²) in [5, 5.41) is 16.4. The van der Waals surface area contributed by atoms with Crippen molar-refractivity contribution in [3.05, 3.63) is 77.5 Å². The van der Waals surface area contributed by atoms with E-state index >= 15 is 0 Å². The molecular formula is C21H21N3O3. The predicted octanol–water partition coefficient (Wildman–Crippen LogP) is 3.45. The summed E-state index contributed by atoms with van der Waals surface area (Å²) in [6, 6.07) is 17.9. The van der Waals surface area contributed by atoms with Crippen LogP contribution in [-0.2, 0) is 12.6 Å². The van der Waals surface area contributed by atoms with Crippen molar-refractivity contribution in [2.45, 2.75) is 19.4 Å². The molecule has 1 aromatic heterocycles. The number of aryl methyl sites for hydroxylation is 1. The van der Waals surface area contributed by atoms with Gasteiger partial charge in [0.2, 0.25) is 0 Å². The van der Waals surface area contributed by atoms with Crippen LogP contribution in [0.5, 0.6) is 0 Å². The first kappa shape index (κ1) is 18.4. The molecule has 0 aliphatic carbocycles. The van der Waals surface area contributed by atoms with E-state index in [9.17, 15) is 9.59 Å². The van der Waals surface area contributed by atoms with Crippen molar-refractivity contribution in [2.75, 3.05) is 0 Å². The van der Waals surface area contributed by atoms with Crippen molar-refractivity contribution >= 4 is 11.9 Å². The lowest BCUT2D eigenvalue weighted by molar-refractivity contribution is 0.0696. The van der Waals surface area contributed by atoms with Gasteiger partial charge < -0.3 is 10.4 Å². The van der Waals surface area contributed by atoms with Crippen LogP contribution in [0.1, 0.15) is 40.3 Å². The molecule has 2 N–H and O–H groups in total. The van der Waals surface area contributed by atoms with Gasteiger partial charge in [-0.3, -0.25) is 9.48 Å². The third-order valence-electron chi connectivity index (χ3n) is 4.46. The fourth-order valence-electron chi connectivity index (χ4n) is 2.88. The second-order valence-corrected chi connectivity index (χ2v) is 6.87. The molecule has 0 saturated heterocycles. The van der Waals surface area contributed by atoms with E-state index in [0.717, 1.165) is 16.8 Å². The third-order valence-corrected chi connectivity index (χ3v) is 4.46. The SMILES string of the molecule is Cn1nc(-c2ccccc2)cc1C(=O)NC(C)(C)c1ccc(C(=O)O)cc1. The van der Waals surface area contributed by atoms with Crippen molar-refractivity contribution in [3.63, 3.8) is 0 Å². The summed E-state index contributed by atoms with van der Waals surface area (Å²) in [6.07, 6.45) is 0. The summed E-state index contributed by atoms with van der Waals surface area (Å²) in [7, 11) is 1.73. The van der Waals surface area contributed by atoms with Crippen LogP contribution in [0.25, 0.3) is 11.3 Å². The van der Waals surface area contributed by atoms with Gasteiger partial charge >= 0.3 is 5.97 Å². The van der Waals surface area contributed by atoms with Crippen molar-refractivity contribution in [2.24, 2.45) is 7.05 Å². The number of hydrogen-bond donors (Lipinski definition) is 2. The standard InChI is InChI=1S/C21H21N3O3/c1-21(2,16-11-9-15(10-12-16)20(26)27)22-19(25)18-13-17(23-24(18)3)14-7-5-4-6-8-14/h4-13H,1-3H3,(H,22,25)(H,26,27). The van der Waals surface area contributed by atoms with E-state index in [2.05, 4.69) is 10.4 Å². The number of carbonyl (C=O) groups excluding carboxylic acids is 1. The summed E-state index contributed by atoms with van der Waals surface area (Å²) in [5.74, 6) is -1.23. The van der Waals surface area contributed by atoms with Crippen LogP contribution in [0.4, 0.5) is 0 Å². The smallest absolute Gasteiger partial charge is 0.335 e. The summed E-state index contributed by atoms with van der Waals surface area (Å²) < 4.78 is 1.56. The lowest BCUT2D eigenvalue weighted by atomic mass is 9.93. The highest BCUT2D eigenvalue weighted by atomic mass is 16.4. The molecule has 3 aromatic rings. The minimum atomic E-state index is -0.980. The Morgan fingerprint density at radius 2 is 1.67 bits per heavy atom. The molecule has 2 aromatic carbocycles. The number of rotatable bonds is 5. The Kier molecular flexibility index (Phi) is 4.81. The van der Waals surface area contributed by atoms with E-state index in [1.165, 1.54) is 12.1 Å². The van der Waals surface area contributed by atoms with Gasteiger partial charge in [-0.2, -0.15) is 5.10 Å². The molecule has 1 heterocycles. The Balaban J connectivity index is 1.82. The molecule has 0 atom stereocenters. The summed E-state index contributed by atoms with van der Waals surface area (Å²) in [4.78, 5) is 23.8. The molecule has 6 heteroatoms. The Morgan fingerprint density at radius 3 is 2.26 bits per heavy atom. The topological polar surface area (TPSA) is 84.2 Å². The lowest BCUT2D eigenvalue weighted by Gasteiger charge is -2.27. The van der Waals surface area contributed by atoms with Gasteiger partial charge in [0.25, 0.3) is 5.91 Å². The molecule has 0 bridgehead atoms. The predicted molar refractivity (Wildman–Crippen MR) is 103 cm³/mol. The van der Waals surface area contributed by atoms with Gasteiger partial charge in [-0.25, -0.2) is 4.79 Å². The number of carbonyl (C=O) groups is 2. The number of nitrogens with one attached hydrogen (secondary N) is 1. The third kappa shape index (κ3) is 3.89. The molecule has 0 radical (unpaired) electrons. The maximum atomic E-state index is 12.8. The van der Waals surface area contributed by atoms with E-state index < -0.39 is 11.5 Å². The Hall–Kier alpha value is -3.41. The van der Waals surface area contributed by atoms with Crippen LogP contribution in [-0.4, -0.2) is 26.8 Å². The van der Waals surface area contributed by atoms with Gasteiger partial charge in [0, 0.05) is 12.6 Å². The highest BCUT2D eigenvalue weighted by Crippen LogP contribution is 2.23. The minimum Gasteiger partial charge on any atom is -0.478 e. The van der Waals surface area contributed by atoms with E-state index in [-0.39, 0.29) is 11.5 Å². The summed E-state index contributed by atoms with van der Waals surface area (Å²) >= 11 is 0. The molecule has 0 saturated carbocycles. The van der Waals surface area contributed by atoms with Gasteiger partial charge in [-0.05, 0) is 37.6 Å². The van der Waals surface area contributed by atoms with Crippen molar-refractivity contribution in [1.82, 2.24) is 15.1 Å². The number of hydrogen-bond acceptors (Lipinski definition) is 3.